The fourth-order valence-electron chi connectivity index (χ4n) is 2.06. The van der Waals surface area contributed by atoms with Crippen LogP contribution in [0.1, 0.15) is 16.7 Å². The van der Waals surface area contributed by atoms with Crippen molar-refractivity contribution in [3.63, 3.8) is 0 Å². The molecule has 3 nitrogen and oxygen atoms in total. The van der Waals surface area contributed by atoms with Crippen molar-refractivity contribution in [1.82, 2.24) is 0 Å². The van der Waals surface area contributed by atoms with Gasteiger partial charge in [0.25, 0.3) is 0 Å². The second-order valence-electron chi connectivity index (χ2n) is 4.66. The highest BCUT2D eigenvalue weighted by molar-refractivity contribution is 9.10. The van der Waals surface area contributed by atoms with Crippen LogP contribution in [-0.2, 0) is 17.8 Å². The summed E-state index contributed by atoms with van der Waals surface area (Å²) >= 11 is 3.41. The van der Waals surface area contributed by atoms with Gasteiger partial charge in [0, 0.05) is 16.7 Å². The Morgan fingerprint density at radius 2 is 1.90 bits per heavy atom. The van der Waals surface area contributed by atoms with E-state index in [2.05, 4.69) is 21.2 Å². The molecule has 0 aliphatic carbocycles. The Morgan fingerprint density at radius 1 is 1.20 bits per heavy atom. The standard InChI is InChI=1S/C16H17BrN2O/c1-11-8-14(17)6-7-15(11)19-16(20)9-12-4-2-3-5-13(12)10-18/h2-8H,9-10,18H2,1H3,(H,19,20). The first kappa shape index (κ1) is 14.8. The summed E-state index contributed by atoms with van der Waals surface area (Å²) in [5.74, 6) is -0.0312. The number of carbonyl (C=O) groups is 1. The monoisotopic (exact) mass is 332 g/mol. The number of anilines is 1. The Bertz CT molecular complexity index is 626. The maximum absolute atomic E-state index is 12.1. The van der Waals surface area contributed by atoms with Gasteiger partial charge in [0.05, 0.1) is 6.42 Å². The lowest BCUT2D eigenvalue weighted by Gasteiger charge is -2.10. The van der Waals surface area contributed by atoms with Crippen LogP contribution in [-0.4, -0.2) is 5.91 Å². The summed E-state index contributed by atoms with van der Waals surface area (Å²) in [6.07, 6.45) is 0.336. The predicted molar refractivity (Wildman–Crippen MR) is 85.5 cm³/mol. The Labute approximate surface area is 127 Å². The van der Waals surface area contributed by atoms with E-state index in [4.69, 9.17) is 5.73 Å². The van der Waals surface area contributed by atoms with Gasteiger partial charge in [-0.2, -0.15) is 0 Å². The Hall–Kier alpha value is -1.65. The van der Waals surface area contributed by atoms with E-state index in [1.165, 1.54) is 0 Å². The van der Waals surface area contributed by atoms with Crippen molar-refractivity contribution in [3.05, 3.63) is 63.6 Å². The van der Waals surface area contributed by atoms with Crippen LogP contribution in [0, 0.1) is 6.92 Å². The number of nitrogens with two attached hydrogens (primary N) is 1. The zero-order valence-corrected chi connectivity index (χ0v) is 12.9. The zero-order valence-electron chi connectivity index (χ0n) is 11.3. The lowest BCUT2D eigenvalue weighted by atomic mass is 10.0. The highest BCUT2D eigenvalue weighted by Crippen LogP contribution is 2.20. The van der Waals surface area contributed by atoms with Crippen LogP contribution in [0.25, 0.3) is 0 Å². The van der Waals surface area contributed by atoms with Gasteiger partial charge in [-0.05, 0) is 41.8 Å². The van der Waals surface area contributed by atoms with Gasteiger partial charge in [0.15, 0.2) is 0 Å². The lowest BCUT2D eigenvalue weighted by Crippen LogP contribution is -2.16. The molecule has 0 aromatic heterocycles. The van der Waals surface area contributed by atoms with E-state index in [-0.39, 0.29) is 5.91 Å². The molecule has 104 valence electrons. The van der Waals surface area contributed by atoms with Crippen molar-refractivity contribution in [2.75, 3.05) is 5.32 Å². The topological polar surface area (TPSA) is 55.1 Å². The summed E-state index contributed by atoms with van der Waals surface area (Å²) in [5.41, 5.74) is 9.53. The number of amides is 1. The predicted octanol–water partition coefficient (Wildman–Crippen LogP) is 3.40. The van der Waals surface area contributed by atoms with Crippen molar-refractivity contribution < 1.29 is 4.79 Å². The molecule has 0 radical (unpaired) electrons. The van der Waals surface area contributed by atoms with Crippen LogP contribution in [0.2, 0.25) is 0 Å². The largest absolute Gasteiger partial charge is 0.326 e. The summed E-state index contributed by atoms with van der Waals surface area (Å²) in [6, 6.07) is 13.5. The molecular weight excluding hydrogens is 316 g/mol. The Morgan fingerprint density at radius 3 is 2.55 bits per heavy atom. The molecule has 20 heavy (non-hydrogen) atoms. The number of halogens is 1. The number of nitrogens with one attached hydrogen (secondary N) is 1. The average Bonchev–Trinajstić information content (AvgIpc) is 2.42. The first-order valence-corrected chi connectivity index (χ1v) is 7.22. The van der Waals surface area contributed by atoms with Crippen LogP contribution in [0.15, 0.2) is 46.9 Å². The molecule has 0 spiro atoms. The Kier molecular flexibility index (Phi) is 4.93. The van der Waals surface area contributed by atoms with Gasteiger partial charge in [-0.25, -0.2) is 0 Å². The van der Waals surface area contributed by atoms with E-state index < -0.39 is 0 Å². The van der Waals surface area contributed by atoms with Crippen LogP contribution >= 0.6 is 15.9 Å². The summed E-state index contributed by atoms with van der Waals surface area (Å²) < 4.78 is 1.00. The quantitative estimate of drug-likeness (QED) is 0.901. The van der Waals surface area contributed by atoms with Gasteiger partial charge < -0.3 is 11.1 Å². The molecule has 2 rings (SSSR count). The van der Waals surface area contributed by atoms with Gasteiger partial charge in [0.1, 0.15) is 0 Å². The minimum absolute atomic E-state index is 0.0312. The third kappa shape index (κ3) is 3.68. The smallest absolute Gasteiger partial charge is 0.228 e. The number of benzene rings is 2. The maximum Gasteiger partial charge on any atom is 0.228 e. The third-order valence-electron chi connectivity index (χ3n) is 3.15. The molecule has 0 aliphatic rings. The number of rotatable bonds is 4. The lowest BCUT2D eigenvalue weighted by molar-refractivity contribution is -0.115. The number of aryl methyl sites for hydroxylation is 1. The molecule has 2 aromatic carbocycles. The first-order chi connectivity index (χ1) is 9.60. The molecule has 1 amide bonds. The average molecular weight is 333 g/mol. The van der Waals surface area contributed by atoms with Gasteiger partial charge in [-0.3, -0.25) is 4.79 Å². The molecule has 3 N–H and O–H groups in total. The minimum atomic E-state index is -0.0312. The fourth-order valence-corrected chi connectivity index (χ4v) is 2.54. The molecule has 0 atom stereocenters. The molecule has 0 fully saturated rings. The van der Waals surface area contributed by atoms with Gasteiger partial charge >= 0.3 is 0 Å². The summed E-state index contributed by atoms with van der Waals surface area (Å²) in [4.78, 5) is 12.1. The SMILES string of the molecule is Cc1cc(Br)ccc1NC(=O)Cc1ccccc1CN. The molecule has 0 unspecified atom stereocenters. The molecule has 0 saturated heterocycles. The molecule has 2 aromatic rings. The van der Waals surface area contributed by atoms with E-state index in [9.17, 15) is 4.79 Å². The first-order valence-electron chi connectivity index (χ1n) is 6.43. The van der Waals surface area contributed by atoms with Crippen LogP contribution < -0.4 is 11.1 Å². The van der Waals surface area contributed by atoms with Crippen molar-refractivity contribution in [2.45, 2.75) is 19.9 Å². The highest BCUT2D eigenvalue weighted by Gasteiger charge is 2.08. The number of hydrogen-bond acceptors (Lipinski definition) is 2. The summed E-state index contributed by atoms with van der Waals surface area (Å²) in [7, 11) is 0. The van der Waals surface area contributed by atoms with Gasteiger partial charge in [-0.15, -0.1) is 0 Å². The second kappa shape index (κ2) is 6.68. The third-order valence-corrected chi connectivity index (χ3v) is 3.65. The molecular formula is C16H17BrN2O. The molecule has 0 bridgehead atoms. The van der Waals surface area contributed by atoms with Crippen LogP contribution in [0.5, 0.6) is 0 Å². The zero-order chi connectivity index (χ0) is 14.5. The van der Waals surface area contributed by atoms with Crippen molar-refractivity contribution in [1.29, 1.82) is 0 Å². The summed E-state index contributed by atoms with van der Waals surface area (Å²) in [6.45, 7) is 2.41. The number of carbonyl (C=O) groups excluding carboxylic acids is 1. The van der Waals surface area contributed by atoms with E-state index in [1.54, 1.807) is 0 Å². The van der Waals surface area contributed by atoms with E-state index >= 15 is 0 Å². The van der Waals surface area contributed by atoms with Crippen LogP contribution in [0.4, 0.5) is 5.69 Å². The van der Waals surface area contributed by atoms with E-state index in [1.807, 2.05) is 49.4 Å². The minimum Gasteiger partial charge on any atom is -0.326 e. The maximum atomic E-state index is 12.1. The number of hydrogen-bond donors (Lipinski definition) is 2. The van der Waals surface area contributed by atoms with Gasteiger partial charge in [0.2, 0.25) is 5.91 Å². The van der Waals surface area contributed by atoms with Gasteiger partial charge in [-0.1, -0.05) is 40.2 Å². The second-order valence-corrected chi connectivity index (χ2v) is 5.57. The fraction of sp³-hybridized carbons (Fsp3) is 0.188. The van der Waals surface area contributed by atoms with Crippen LogP contribution in [0.3, 0.4) is 0 Å². The summed E-state index contributed by atoms with van der Waals surface area (Å²) in [5, 5.41) is 2.94. The van der Waals surface area contributed by atoms with Crippen molar-refractivity contribution in [3.8, 4) is 0 Å². The normalized spacial score (nSPS) is 10.3. The van der Waals surface area contributed by atoms with Crippen molar-refractivity contribution in [2.24, 2.45) is 5.73 Å². The molecule has 0 heterocycles. The Balaban J connectivity index is 2.09. The van der Waals surface area contributed by atoms with E-state index in [0.717, 1.165) is 26.9 Å². The molecule has 0 saturated carbocycles. The van der Waals surface area contributed by atoms with E-state index in [0.29, 0.717) is 13.0 Å². The molecule has 4 heteroatoms. The highest BCUT2D eigenvalue weighted by atomic mass is 79.9. The van der Waals surface area contributed by atoms with Crippen molar-refractivity contribution >= 4 is 27.5 Å². The molecule has 0 aliphatic heterocycles.